The third kappa shape index (κ3) is 4.32. The number of hydrogen-bond donors (Lipinski definition) is 2. The summed E-state index contributed by atoms with van der Waals surface area (Å²) in [5.41, 5.74) is 8.99. The van der Waals surface area contributed by atoms with Gasteiger partial charge in [-0.25, -0.2) is 4.68 Å². The second-order valence-electron chi connectivity index (χ2n) is 7.49. The maximum atomic E-state index is 13.1. The number of para-hydroxylation sites is 1. The molecular weight excluding hydrogens is 364 g/mol. The minimum Gasteiger partial charge on any atom is -0.497 e. The number of benzene rings is 2. The highest BCUT2D eigenvalue weighted by atomic mass is 16.5. The van der Waals surface area contributed by atoms with Crippen molar-refractivity contribution in [2.24, 2.45) is 5.73 Å². The smallest absolute Gasteiger partial charge is 0.255 e. The first-order chi connectivity index (χ1) is 14.1. The molecule has 0 radical (unpaired) electrons. The molecule has 3 aromatic rings. The minimum absolute atomic E-state index is 0.0986. The number of hydrogen-bond acceptors (Lipinski definition) is 4. The highest BCUT2D eigenvalue weighted by Crippen LogP contribution is 2.26. The highest BCUT2D eigenvalue weighted by molar-refractivity contribution is 6.00. The molecule has 1 amide bonds. The summed E-state index contributed by atoms with van der Waals surface area (Å²) in [5.74, 6) is 0.666. The Kier molecular flexibility index (Phi) is 5.62. The molecular formula is C23H26N4O2. The van der Waals surface area contributed by atoms with Gasteiger partial charge < -0.3 is 15.8 Å². The third-order valence-corrected chi connectivity index (χ3v) is 5.45. The zero-order valence-corrected chi connectivity index (χ0v) is 16.5. The van der Waals surface area contributed by atoms with E-state index < -0.39 is 0 Å². The summed E-state index contributed by atoms with van der Waals surface area (Å²) in [6.45, 7) is 0. The van der Waals surface area contributed by atoms with Crippen molar-refractivity contribution in [1.29, 1.82) is 0 Å². The molecule has 0 saturated heterocycles. The molecule has 29 heavy (non-hydrogen) atoms. The molecule has 1 fully saturated rings. The van der Waals surface area contributed by atoms with Crippen LogP contribution in [0, 0.1) is 0 Å². The Labute approximate surface area is 170 Å². The van der Waals surface area contributed by atoms with E-state index >= 15 is 0 Å². The van der Waals surface area contributed by atoms with Crippen molar-refractivity contribution in [2.75, 3.05) is 7.11 Å². The van der Waals surface area contributed by atoms with Gasteiger partial charge in [-0.3, -0.25) is 4.79 Å². The lowest BCUT2D eigenvalue weighted by Crippen LogP contribution is -2.40. The first-order valence-corrected chi connectivity index (χ1v) is 10.00. The second kappa shape index (κ2) is 8.49. The third-order valence-electron chi connectivity index (χ3n) is 5.45. The average Bonchev–Trinajstić information content (AvgIpc) is 3.22. The predicted octanol–water partition coefficient (Wildman–Crippen LogP) is 3.55. The van der Waals surface area contributed by atoms with Gasteiger partial charge in [0.25, 0.3) is 5.91 Å². The number of nitrogens with one attached hydrogen (secondary N) is 1. The van der Waals surface area contributed by atoms with Gasteiger partial charge >= 0.3 is 0 Å². The van der Waals surface area contributed by atoms with Gasteiger partial charge in [0, 0.05) is 23.8 Å². The fraction of sp³-hybridized carbons (Fsp3) is 0.304. The molecule has 0 bridgehead atoms. The molecule has 1 aromatic heterocycles. The number of nitrogens with zero attached hydrogens (tertiary/aromatic N) is 2. The van der Waals surface area contributed by atoms with Crippen LogP contribution in [0.3, 0.4) is 0 Å². The van der Waals surface area contributed by atoms with E-state index in [0.717, 1.165) is 42.7 Å². The second-order valence-corrected chi connectivity index (χ2v) is 7.49. The van der Waals surface area contributed by atoms with Gasteiger partial charge in [0.2, 0.25) is 0 Å². The molecule has 1 saturated carbocycles. The molecule has 4 rings (SSSR count). The molecule has 150 valence electrons. The van der Waals surface area contributed by atoms with Crippen LogP contribution in [0.5, 0.6) is 5.75 Å². The van der Waals surface area contributed by atoms with Crippen molar-refractivity contribution in [1.82, 2.24) is 15.1 Å². The van der Waals surface area contributed by atoms with Crippen molar-refractivity contribution in [3.8, 4) is 22.7 Å². The zero-order chi connectivity index (χ0) is 20.2. The van der Waals surface area contributed by atoms with Gasteiger partial charge in [0.05, 0.1) is 18.4 Å². The lowest BCUT2D eigenvalue weighted by atomic mass is 9.91. The molecule has 6 nitrogen and oxygen atoms in total. The molecule has 3 N–H and O–H groups in total. The molecule has 0 aliphatic heterocycles. The summed E-state index contributed by atoms with van der Waals surface area (Å²) < 4.78 is 7.01. The number of aromatic nitrogens is 2. The Hall–Kier alpha value is -3.12. The lowest BCUT2D eigenvalue weighted by molar-refractivity contribution is 0.0926. The van der Waals surface area contributed by atoms with E-state index in [-0.39, 0.29) is 18.0 Å². The van der Waals surface area contributed by atoms with Gasteiger partial charge in [-0.05, 0) is 62.1 Å². The summed E-state index contributed by atoms with van der Waals surface area (Å²) >= 11 is 0. The Morgan fingerprint density at radius 3 is 2.41 bits per heavy atom. The van der Waals surface area contributed by atoms with Crippen LogP contribution in [0.1, 0.15) is 36.0 Å². The maximum Gasteiger partial charge on any atom is 0.255 e. The summed E-state index contributed by atoms with van der Waals surface area (Å²) in [6, 6.07) is 17.8. The number of rotatable bonds is 5. The molecule has 1 heterocycles. The van der Waals surface area contributed by atoms with E-state index in [2.05, 4.69) is 5.32 Å². The van der Waals surface area contributed by atoms with Crippen molar-refractivity contribution in [3.05, 3.63) is 66.4 Å². The molecule has 0 atom stereocenters. The van der Waals surface area contributed by atoms with Crippen LogP contribution in [0.4, 0.5) is 0 Å². The van der Waals surface area contributed by atoms with E-state index in [4.69, 9.17) is 15.6 Å². The van der Waals surface area contributed by atoms with Crippen molar-refractivity contribution in [3.63, 3.8) is 0 Å². The van der Waals surface area contributed by atoms with E-state index in [1.807, 2.05) is 54.6 Å². The summed E-state index contributed by atoms with van der Waals surface area (Å²) in [5, 5.41) is 7.91. The number of carbonyl (C=O) groups excluding carboxylic acids is 1. The first kappa shape index (κ1) is 19.2. The minimum atomic E-state index is -0.0986. The van der Waals surface area contributed by atoms with Crippen LogP contribution >= 0.6 is 0 Å². The molecule has 1 aliphatic carbocycles. The molecule has 0 unspecified atom stereocenters. The predicted molar refractivity (Wildman–Crippen MR) is 113 cm³/mol. The van der Waals surface area contributed by atoms with Crippen LogP contribution in [-0.2, 0) is 0 Å². The van der Waals surface area contributed by atoms with E-state index in [0.29, 0.717) is 11.3 Å². The number of amides is 1. The number of nitrogens with two attached hydrogens (primary N) is 1. The van der Waals surface area contributed by atoms with Crippen LogP contribution in [0.25, 0.3) is 16.9 Å². The van der Waals surface area contributed by atoms with Crippen LogP contribution in [0.15, 0.2) is 60.8 Å². The average molecular weight is 390 g/mol. The van der Waals surface area contributed by atoms with E-state index in [1.54, 1.807) is 18.0 Å². The SMILES string of the molecule is COc1ccc(-c2nn(-c3ccccc3)cc2C(=O)NC2CCC(N)CC2)cc1. The van der Waals surface area contributed by atoms with E-state index in [9.17, 15) is 4.79 Å². The van der Waals surface area contributed by atoms with Crippen molar-refractivity contribution in [2.45, 2.75) is 37.8 Å². The Balaban J connectivity index is 1.66. The molecule has 1 aliphatic rings. The Bertz CT molecular complexity index is 958. The van der Waals surface area contributed by atoms with Gasteiger partial charge in [-0.2, -0.15) is 5.10 Å². The number of methoxy groups -OCH3 is 1. The highest BCUT2D eigenvalue weighted by Gasteiger charge is 2.24. The monoisotopic (exact) mass is 390 g/mol. The molecule has 6 heteroatoms. The standard InChI is InChI=1S/C23H26N4O2/c1-29-20-13-7-16(8-14-20)22-21(15-27(26-22)19-5-3-2-4-6-19)23(28)25-18-11-9-17(24)10-12-18/h2-8,13-15,17-18H,9-12,24H2,1H3,(H,25,28). The Morgan fingerprint density at radius 1 is 1.07 bits per heavy atom. The Morgan fingerprint density at radius 2 is 1.76 bits per heavy atom. The lowest BCUT2D eigenvalue weighted by Gasteiger charge is -2.26. The largest absolute Gasteiger partial charge is 0.497 e. The van der Waals surface area contributed by atoms with Crippen molar-refractivity contribution >= 4 is 5.91 Å². The molecule has 2 aromatic carbocycles. The van der Waals surface area contributed by atoms with Gasteiger partial charge in [-0.1, -0.05) is 18.2 Å². The van der Waals surface area contributed by atoms with Crippen LogP contribution in [0.2, 0.25) is 0 Å². The first-order valence-electron chi connectivity index (χ1n) is 10.00. The number of ether oxygens (including phenoxy) is 1. The van der Waals surface area contributed by atoms with Crippen molar-refractivity contribution < 1.29 is 9.53 Å². The fourth-order valence-electron chi connectivity index (χ4n) is 3.74. The normalized spacial score (nSPS) is 19.0. The van der Waals surface area contributed by atoms with Crippen LogP contribution in [-0.4, -0.2) is 34.9 Å². The van der Waals surface area contributed by atoms with E-state index in [1.165, 1.54) is 0 Å². The summed E-state index contributed by atoms with van der Waals surface area (Å²) in [6.07, 6.45) is 5.52. The van der Waals surface area contributed by atoms with Gasteiger partial charge in [0.15, 0.2) is 0 Å². The fourth-order valence-corrected chi connectivity index (χ4v) is 3.74. The molecule has 0 spiro atoms. The summed E-state index contributed by atoms with van der Waals surface area (Å²) in [4.78, 5) is 13.1. The van der Waals surface area contributed by atoms with Crippen LogP contribution < -0.4 is 15.8 Å². The topological polar surface area (TPSA) is 82.2 Å². The maximum absolute atomic E-state index is 13.1. The van der Waals surface area contributed by atoms with Gasteiger partial charge in [0.1, 0.15) is 11.4 Å². The quantitative estimate of drug-likeness (QED) is 0.698. The summed E-state index contributed by atoms with van der Waals surface area (Å²) in [7, 11) is 1.63. The zero-order valence-electron chi connectivity index (χ0n) is 16.5. The van der Waals surface area contributed by atoms with Gasteiger partial charge in [-0.15, -0.1) is 0 Å². The number of carbonyl (C=O) groups is 1.